The Kier molecular flexibility index (Phi) is 8.70. The number of nitriles is 1. The number of ether oxygens (including phenoxy) is 1. The number of hydrogen-bond donors (Lipinski definition) is 0. The molecule has 2 fully saturated rings. The van der Waals surface area contributed by atoms with Crippen LogP contribution in [0.1, 0.15) is 47.2 Å². The fraction of sp³-hybridized carbons (Fsp3) is 0.533. The summed E-state index contributed by atoms with van der Waals surface area (Å²) in [4.78, 5) is 30.1. The van der Waals surface area contributed by atoms with Crippen LogP contribution in [-0.2, 0) is 30.6 Å². The SMILES string of the molecule is C=CC(=O)N1CCN(c2nc(OC[C@@H]3CCCN3C)nc3c2CN(Cc2cc(C(F)(F)F)ccc2C)C3)C[C@@H]1CC#N. The molecule has 3 aliphatic rings. The van der Waals surface area contributed by atoms with Crippen LogP contribution < -0.4 is 9.64 Å². The van der Waals surface area contributed by atoms with E-state index in [9.17, 15) is 23.2 Å². The van der Waals surface area contributed by atoms with Crippen molar-refractivity contribution in [1.29, 1.82) is 5.26 Å². The monoisotopic (exact) mass is 583 g/mol. The van der Waals surface area contributed by atoms with E-state index in [2.05, 4.69) is 34.4 Å². The van der Waals surface area contributed by atoms with Gasteiger partial charge in [-0.05, 0) is 62.7 Å². The first-order chi connectivity index (χ1) is 20.1. The van der Waals surface area contributed by atoms with Gasteiger partial charge in [0, 0.05) is 50.9 Å². The fourth-order valence-electron chi connectivity index (χ4n) is 6.07. The Hall–Kier alpha value is -3.69. The van der Waals surface area contributed by atoms with Crippen molar-refractivity contribution in [3.05, 3.63) is 58.8 Å². The summed E-state index contributed by atoms with van der Waals surface area (Å²) >= 11 is 0. The molecule has 3 aliphatic heterocycles. The minimum atomic E-state index is -4.41. The number of carbonyl (C=O) groups is 1. The molecule has 0 bridgehead atoms. The van der Waals surface area contributed by atoms with E-state index in [-0.39, 0.29) is 30.4 Å². The zero-order chi connectivity index (χ0) is 30.0. The van der Waals surface area contributed by atoms with Gasteiger partial charge in [-0.15, -0.1) is 0 Å². The van der Waals surface area contributed by atoms with Crippen LogP contribution in [0.2, 0.25) is 0 Å². The van der Waals surface area contributed by atoms with E-state index in [1.165, 1.54) is 18.2 Å². The number of aromatic nitrogens is 2. The van der Waals surface area contributed by atoms with E-state index < -0.39 is 11.7 Å². The number of carbonyl (C=O) groups excluding carboxylic acids is 1. The van der Waals surface area contributed by atoms with Crippen LogP contribution >= 0.6 is 0 Å². The third-order valence-corrected chi connectivity index (χ3v) is 8.52. The number of rotatable bonds is 8. The number of benzene rings is 1. The summed E-state index contributed by atoms with van der Waals surface area (Å²) in [5.74, 6) is 0.474. The molecule has 0 unspecified atom stereocenters. The minimum Gasteiger partial charge on any atom is -0.462 e. The molecule has 2 aromatic rings. The molecule has 5 rings (SSSR count). The average Bonchev–Trinajstić information content (AvgIpc) is 3.56. The minimum absolute atomic E-state index is 0.168. The van der Waals surface area contributed by atoms with Gasteiger partial charge in [0.25, 0.3) is 0 Å². The van der Waals surface area contributed by atoms with Gasteiger partial charge >= 0.3 is 12.2 Å². The summed E-state index contributed by atoms with van der Waals surface area (Å²) in [7, 11) is 2.07. The summed E-state index contributed by atoms with van der Waals surface area (Å²) in [5, 5.41) is 9.45. The molecule has 1 aromatic carbocycles. The second-order valence-corrected chi connectivity index (χ2v) is 11.3. The maximum Gasteiger partial charge on any atom is 0.416 e. The van der Waals surface area contributed by atoms with Crippen LogP contribution in [0.4, 0.5) is 19.0 Å². The number of amides is 1. The number of anilines is 1. The normalized spacial score (nSPS) is 21.3. The maximum atomic E-state index is 13.4. The molecular weight excluding hydrogens is 547 g/mol. The lowest BCUT2D eigenvalue weighted by Gasteiger charge is -2.41. The zero-order valence-electron chi connectivity index (χ0n) is 24.0. The second-order valence-electron chi connectivity index (χ2n) is 11.3. The summed E-state index contributed by atoms with van der Waals surface area (Å²) in [6.45, 7) is 9.44. The Morgan fingerprint density at radius 3 is 2.71 bits per heavy atom. The van der Waals surface area contributed by atoms with Crippen LogP contribution in [0.5, 0.6) is 6.01 Å². The van der Waals surface area contributed by atoms with E-state index in [1.54, 1.807) is 4.90 Å². The lowest BCUT2D eigenvalue weighted by molar-refractivity contribution is -0.137. The maximum absolute atomic E-state index is 13.4. The van der Waals surface area contributed by atoms with Crippen LogP contribution in [-0.4, -0.2) is 82.5 Å². The van der Waals surface area contributed by atoms with Gasteiger partial charge in [-0.2, -0.15) is 28.4 Å². The lowest BCUT2D eigenvalue weighted by atomic mass is 10.0. The molecule has 4 heterocycles. The molecule has 9 nitrogen and oxygen atoms in total. The standard InChI is InChI=1S/C30H36F3N7O2/c1-4-27(41)40-13-12-39(16-23(40)9-10-34)28-25-17-38(15-21-14-22(30(31,32)33)8-7-20(21)2)18-26(25)35-29(36-28)42-19-24-6-5-11-37(24)3/h4,7-8,14,23-24H,1,5-6,9,11-13,15-19H2,2-3H3/t23-,24-/m0/s1. The summed E-state index contributed by atoms with van der Waals surface area (Å²) in [6.07, 6.45) is -0.834. The topological polar surface area (TPSA) is 88.8 Å². The highest BCUT2D eigenvalue weighted by atomic mass is 19.4. The molecule has 1 aromatic heterocycles. The Bertz CT molecular complexity index is 1380. The van der Waals surface area contributed by atoms with Gasteiger partial charge < -0.3 is 19.4 Å². The molecule has 42 heavy (non-hydrogen) atoms. The Labute approximate surface area is 244 Å². The number of aryl methyl sites for hydroxylation is 1. The highest BCUT2D eigenvalue weighted by Gasteiger charge is 2.35. The van der Waals surface area contributed by atoms with Crippen LogP contribution in [0, 0.1) is 18.3 Å². The van der Waals surface area contributed by atoms with E-state index in [0.29, 0.717) is 57.3 Å². The molecule has 1 amide bonds. The van der Waals surface area contributed by atoms with Crippen molar-refractivity contribution in [2.75, 3.05) is 44.7 Å². The average molecular weight is 584 g/mol. The summed E-state index contributed by atoms with van der Waals surface area (Å²) in [6, 6.07) is 6.24. The van der Waals surface area contributed by atoms with Gasteiger partial charge in [-0.3, -0.25) is 9.69 Å². The van der Waals surface area contributed by atoms with Gasteiger partial charge in [-0.25, -0.2) is 0 Å². The Morgan fingerprint density at radius 2 is 2.02 bits per heavy atom. The van der Waals surface area contributed by atoms with Crippen LogP contribution in [0.3, 0.4) is 0 Å². The van der Waals surface area contributed by atoms with E-state index in [1.807, 2.05) is 6.92 Å². The largest absolute Gasteiger partial charge is 0.462 e. The number of likely N-dealkylation sites (N-methyl/N-ethyl adjacent to an activating group) is 1. The smallest absolute Gasteiger partial charge is 0.416 e. The first-order valence-corrected chi connectivity index (χ1v) is 14.2. The predicted molar refractivity (Wildman–Crippen MR) is 150 cm³/mol. The lowest BCUT2D eigenvalue weighted by Crippen LogP contribution is -2.55. The first kappa shape index (κ1) is 29.8. The molecule has 2 saturated heterocycles. The highest BCUT2D eigenvalue weighted by molar-refractivity contribution is 5.87. The van der Waals surface area contributed by atoms with Gasteiger partial charge in [0.15, 0.2) is 0 Å². The quantitative estimate of drug-likeness (QED) is 0.433. The molecule has 0 radical (unpaired) electrons. The summed E-state index contributed by atoms with van der Waals surface area (Å²) < 4.78 is 46.4. The Balaban J connectivity index is 1.42. The van der Waals surface area contributed by atoms with Crippen molar-refractivity contribution in [2.45, 2.75) is 64.1 Å². The molecule has 0 spiro atoms. The number of piperazine rings is 1. The Morgan fingerprint density at radius 1 is 1.21 bits per heavy atom. The highest BCUT2D eigenvalue weighted by Crippen LogP contribution is 2.35. The number of fused-ring (bicyclic) bond motifs is 1. The second kappa shape index (κ2) is 12.3. The van der Waals surface area contributed by atoms with Crippen molar-refractivity contribution < 1.29 is 22.7 Å². The molecular formula is C30H36F3N7O2. The van der Waals surface area contributed by atoms with Crippen molar-refractivity contribution >= 4 is 11.7 Å². The fourth-order valence-corrected chi connectivity index (χ4v) is 6.07. The number of halogens is 3. The third-order valence-electron chi connectivity index (χ3n) is 8.52. The van der Waals surface area contributed by atoms with Crippen molar-refractivity contribution in [3.63, 3.8) is 0 Å². The molecule has 12 heteroatoms. The molecule has 0 N–H and O–H groups in total. The van der Waals surface area contributed by atoms with Gasteiger partial charge in [-0.1, -0.05) is 12.6 Å². The first-order valence-electron chi connectivity index (χ1n) is 14.2. The van der Waals surface area contributed by atoms with Crippen molar-refractivity contribution in [1.82, 2.24) is 24.7 Å². The molecule has 0 saturated carbocycles. The third kappa shape index (κ3) is 6.37. The van der Waals surface area contributed by atoms with Crippen LogP contribution in [0.15, 0.2) is 30.9 Å². The molecule has 0 aliphatic carbocycles. The van der Waals surface area contributed by atoms with Crippen molar-refractivity contribution in [3.8, 4) is 12.1 Å². The van der Waals surface area contributed by atoms with E-state index in [0.717, 1.165) is 42.3 Å². The van der Waals surface area contributed by atoms with E-state index in [4.69, 9.17) is 14.7 Å². The summed E-state index contributed by atoms with van der Waals surface area (Å²) in [5.41, 5.74) is 2.41. The van der Waals surface area contributed by atoms with Gasteiger partial charge in [0.1, 0.15) is 12.4 Å². The predicted octanol–water partition coefficient (Wildman–Crippen LogP) is 3.91. The van der Waals surface area contributed by atoms with Crippen LogP contribution in [0.25, 0.3) is 0 Å². The number of alkyl halides is 3. The zero-order valence-corrected chi connectivity index (χ0v) is 24.0. The number of likely N-dealkylation sites (tertiary alicyclic amines) is 1. The van der Waals surface area contributed by atoms with E-state index >= 15 is 0 Å². The van der Waals surface area contributed by atoms with Crippen molar-refractivity contribution in [2.24, 2.45) is 0 Å². The number of hydrogen-bond acceptors (Lipinski definition) is 8. The molecule has 2 atom stereocenters. The van der Waals surface area contributed by atoms with Gasteiger partial charge in [0.2, 0.25) is 5.91 Å². The number of nitrogens with zero attached hydrogens (tertiary/aromatic N) is 7. The van der Waals surface area contributed by atoms with Gasteiger partial charge in [0.05, 0.1) is 29.8 Å². The molecule has 224 valence electrons.